The Morgan fingerprint density at radius 1 is 1.32 bits per heavy atom. The fraction of sp³-hybridized carbons (Fsp3) is 0.688. The van der Waals surface area contributed by atoms with Gasteiger partial charge in [0, 0.05) is 18.5 Å². The highest BCUT2D eigenvalue weighted by molar-refractivity contribution is 5.92. The minimum atomic E-state index is -0.657. The van der Waals surface area contributed by atoms with E-state index in [1.807, 2.05) is 0 Å². The summed E-state index contributed by atoms with van der Waals surface area (Å²) in [5.41, 5.74) is -0.657. The Morgan fingerprint density at radius 2 is 2.00 bits per heavy atom. The highest BCUT2D eigenvalue weighted by Gasteiger charge is 2.34. The molecule has 6 heteroatoms. The Balaban J connectivity index is 2.84. The summed E-state index contributed by atoms with van der Waals surface area (Å²) in [6.07, 6.45) is 5.41. The predicted molar refractivity (Wildman–Crippen MR) is 81.1 cm³/mol. The lowest BCUT2D eigenvalue weighted by molar-refractivity contribution is -0.135. The smallest absolute Gasteiger partial charge is 0.417 e. The van der Waals surface area contributed by atoms with Gasteiger partial charge >= 0.3 is 12.1 Å². The van der Waals surface area contributed by atoms with Gasteiger partial charge in [0.25, 0.3) is 0 Å². The van der Waals surface area contributed by atoms with Gasteiger partial charge < -0.3 is 9.47 Å². The molecule has 2 amide bonds. The van der Waals surface area contributed by atoms with Crippen LogP contribution in [0.5, 0.6) is 0 Å². The highest BCUT2D eigenvalue weighted by atomic mass is 16.6. The maximum atomic E-state index is 12.3. The van der Waals surface area contributed by atoms with Crippen molar-refractivity contribution >= 4 is 18.0 Å². The molecule has 1 atom stereocenters. The first-order valence-electron chi connectivity index (χ1n) is 7.54. The summed E-state index contributed by atoms with van der Waals surface area (Å²) in [4.78, 5) is 36.8. The van der Waals surface area contributed by atoms with Gasteiger partial charge in [0.15, 0.2) is 0 Å². The van der Waals surface area contributed by atoms with E-state index in [0.717, 1.165) is 12.8 Å². The number of ether oxygens (including phenoxy) is 2. The van der Waals surface area contributed by atoms with Gasteiger partial charge in [0.1, 0.15) is 5.60 Å². The van der Waals surface area contributed by atoms with Crippen LogP contribution in [-0.2, 0) is 19.1 Å². The summed E-state index contributed by atoms with van der Waals surface area (Å²) in [6, 6.07) is -0.286. The third-order valence-corrected chi connectivity index (χ3v) is 3.27. The minimum absolute atomic E-state index is 0.219. The van der Waals surface area contributed by atoms with Gasteiger partial charge in [-0.15, -0.1) is 0 Å². The second-order valence-corrected chi connectivity index (χ2v) is 6.30. The maximum absolute atomic E-state index is 12.3. The van der Waals surface area contributed by atoms with Crippen molar-refractivity contribution < 1.29 is 23.9 Å². The van der Waals surface area contributed by atoms with E-state index in [-0.39, 0.29) is 11.9 Å². The zero-order valence-electron chi connectivity index (χ0n) is 13.8. The van der Waals surface area contributed by atoms with E-state index in [2.05, 4.69) is 4.74 Å². The summed E-state index contributed by atoms with van der Waals surface area (Å²) >= 11 is 0. The standard InChI is InChI=1S/C16H25NO5/c1-16(2,3)22-15(20)17-12(8-5-6-10-13(17)18)9-7-11-14(19)21-4/h7,11-12H,5-6,8-10H2,1-4H3. The zero-order chi connectivity index (χ0) is 16.8. The molecule has 0 N–H and O–H groups in total. The van der Waals surface area contributed by atoms with Crippen molar-refractivity contribution in [1.82, 2.24) is 4.90 Å². The van der Waals surface area contributed by atoms with Crippen molar-refractivity contribution in [1.29, 1.82) is 0 Å². The number of rotatable bonds is 3. The Bertz CT molecular complexity index is 450. The molecule has 1 rings (SSSR count). The zero-order valence-corrected chi connectivity index (χ0v) is 13.8. The molecule has 1 aliphatic rings. The van der Waals surface area contributed by atoms with E-state index < -0.39 is 17.7 Å². The number of hydrogen-bond donors (Lipinski definition) is 0. The molecule has 0 aromatic carbocycles. The van der Waals surface area contributed by atoms with Crippen LogP contribution in [0.2, 0.25) is 0 Å². The topological polar surface area (TPSA) is 72.9 Å². The maximum Gasteiger partial charge on any atom is 0.417 e. The third-order valence-electron chi connectivity index (χ3n) is 3.27. The van der Waals surface area contributed by atoms with Crippen molar-refractivity contribution in [2.45, 2.75) is 64.5 Å². The van der Waals surface area contributed by atoms with Gasteiger partial charge in [0.2, 0.25) is 5.91 Å². The van der Waals surface area contributed by atoms with Gasteiger partial charge in [-0.25, -0.2) is 14.5 Å². The molecule has 0 aromatic rings. The first-order chi connectivity index (χ1) is 10.2. The normalized spacial score (nSPS) is 19.9. The number of methoxy groups -OCH3 is 1. The van der Waals surface area contributed by atoms with Crippen LogP contribution >= 0.6 is 0 Å². The van der Waals surface area contributed by atoms with Crippen LogP contribution in [0.3, 0.4) is 0 Å². The molecule has 124 valence electrons. The molecule has 0 saturated carbocycles. The van der Waals surface area contributed by atoms with Gasteiger partial charge in [-0.2, -0.15) is 0 Å². The Hall–Kier alpha value is -1.85. The number of esters is 1. The fourth-order valence-electron chi connectivity index (χ4n) is 2.28. The van der Waals surface area contributed by atoms with E-state index >= 15 is 0 Å². The van der Waals surface area contributed by atoms with E-state index in [1.165, 1.54) is 18.1 Å². The summed E-state index contributed by atoms with van der Waals surface area (Å²) in [6.45, 7) is 5.29. The summed E-state index contributed by atoms with van der Waals surface area (Å²) < 4.78 is 9.86. The number of likely N-dealkylation sites (tertiary alicyclic amines) is 1. The first kappa shape index (κ1) is 18.2. The largest absolute Gasteiger partial charge is 0.466 e. The molecule has 1 unspecified atom stereocenters. The molecule has 1 saturated heterocycles. The lowest BCUT2D eigenvalue weighted by atomic mass is 10.1. The molecule has 0 aliphatic carbocycles. The minimum Gasteiger partial charge on any atom is -0.466 e. The Kier molecular flexibility index (Phi) is 6.59. The summed E-state index contributed by atoms with van der Waals surface area (Å²) in [5.74, 6) is -0.674. The molecular weight excluding hydrogens is 286 g/mol. The fourth-order valence-corrected chi connectivity index (χ4v) is 2.28. The predicted octanol–water partition coefficient (Wildman–Crippen LogP) is 2.81. The number of carbonyl (C=O) groups is 3. The summed E-state index contributed by atoms with van der Waals surface area (Å²) in [7, 11) is 1.30. The van der Waals surface area contributed by atoms with Crippen molar-refractivity contribution in [2.75, 3.05) is 7.11 Å². The quantitative estimate of drug-likeness (QED) is 0.592. The Labute approximate surface area is 131 Å². The van der Waals surface area contributed by atoms with Gasteiger partial charge in [-0.3, -0.25) is 4.79 Å². The van der Waals surface area contributed by atoms with Crippen LogP contribution in [0.4, 0.5) is 4.79 Å². The van der Waals surface area contributed by atoms with Crippen LogP contribution in [0.15, 0.2) is 12.2 Å². The lowest BCUT2D eigenvalue weighted by Crippen LogP contribution is -2.46. The van der Waals surface area contributed by atoms with Crippen molar-refractivity contribution in [3.05, 3.63) is 12.2 Å². The molecule has 0 aromatic heterocycles. The number of amides is 2. The molecule has 1 aliphatic heterocycles. The molecule has 0 spiro atoms. The number of hydrogen-bond acceptors (Lipinski definition) is 5. The van der Waals surface area contributed by atoms with E-state index in [0.29, 0.717) is 19.3 Å². The molecule has 0 radical (unpaired) electrons. The summed E-state index contributed by atoms with van der Waals surface area (Å²) in [5, 5.41) is 0. The number of imide groups is 1. The lowest BCUT2D eigenvalue weighted by Gasteiger charge is -2.30. The van der Waals surface area contributed by atoms with Gasteiger partial charge in [-0.05, 0) is 40.0 Å². The van der Waals surface area contributed by atoms with Crippen LogP contribution < -0.4 is 0 Å². The third kappa shape index (κ3) is 5.87. The van der Waals surface area contributed by atoms with Gasteiger partial charge in [-0.1, -0.05) is 12.5 Å². The van der Waals surface area contributed by atoms with Crippen molar-refractivity contribution in [2.24, 2.45) is 0 Å². The molecule has 0 bridgehead atoms. The first-order valence-corrected chi connectivity index (χ1v) is 7.54. The average Bonchev–Trinajstić information content (AvgIpc) is 2.58. The monoisotopic (exact) mass is 311 g/mol. The van der Waals surface area contributed by atoms with Crippen LogP contribution in [0.25, 0.3) is 0 Å². The second kappa shape index (κ2) is 7.96. The van der Waals surface area contributed by atoms with Crippen LogP contribution in [0, 0.1) is 0 Å². The molecular formula is C16H25NO5. The Morgan fingerprint density at radius 3 is 2.59 bits per heavy atom. The van der Waals surface area contributed by atoms with E-state index in [4.69, 9.17) is 4.74 Å². The average molecular weight is 311 g/mol. The van der Waals surface area contributed by atoms with E-state index in [9.17, 15) is 14.4 Å². The molecule has 6 nitrogen and oxygen atoms in total. The molecule has 1 heterocycles. The van der Waals surface area contributed by atoms with Gasteiger partial charge in [0.05, 0.1) is 7.11 Å². The molecule has 22 heavy (non-hydrogen) atoms. The second-order valence-electron chi connectivity index (χ2n) is 6.30. The van der Waals surface area contributed by atoms with Crippen LogP contribution in [-0.4, -0.2) is 41.6 Å². The number of carbonyl (C=O) groups excluding carboxylic acids is 3. The number of nitrogens with zero attached hydrogens (tertiary/aromatic N) is 1. The van der Waals surface area contributed by atoms with E-state index in [1.54, 1.807) is 26.8 Å². The SMILES string of the molecule is COC(=O)C=CCC1CCCCC(=O)N1C(=O)OC(C)(C)C. The van der Waals surface area contributed by atoms with Crippen molar-refractivity contribution in [3.8, 4) is 0 Å². The van der Waals surface area contributed by atoms with Crippen LogP contribution in [0.1, 0.15) is 52.9 Å². The van der Waals surface area contributed by atoms with Crippen molar-refractivity contribution in [3.63, 3.8) is 0 Å². The molecule has 1 fully saturated rings. The highest BCUT2D eigenvalue weighted by Crippen LogP contribution is 2.23.